The summed E-state index contributed by atoms with van der Waals surface area (Å²) in [4.78, 5) is 23.8. The van der Waals surface area contributed by atoms with Gasteiger partial charge in [0.05, 0.1) is 12.7 Å². The van der Waals surface area contributed by atoms with Gasteiger partial charge in [-0.25, -0.2) is 0 Å². The second-order valence-corrected chi connectivity index (χ2v) is 4.77. The summed E-state index contributed by atoms with van der Waals surface area (Å²) in [6.45, 7) is 4.18. The molecule has 1 aromatic rings. The SMILES string of the molecule is CCCNC(=O)[C@@H](C)NC(=O)c1ccc(Cl)cc1OC. The minimum atomic E-state index is -0.616. The van der Waals surface area contributed by atoms with Gasteiger partial charge in [0.1, 0.15) is 11.8 Å². The topological polar surface area (TPSA) is 67.4 Å². The lowest BCUT2D eigenvalue weighted by atomic mass is 10.1. The van der Waals surface area contributed by atoms with Gasteiger partial charge in [0.25, 0.3) is 5.91 Å². The average Bonchev–Trinajstić information content (AvgIpc) is 2.44. The molecule has 1 rings (SSSR count). The Morgan fingerprint density at radius 3 is 2.70 bits per heavy atom. The number of carbonyl (C=O) groups excluding carboxylic acids is 2. The van der Waals surface area contributed by atoms with Crippen LogP contribution in [-0.4, -0.2) is 31.5 Å². The van der Waals surface area contributed by atoms with Crippen molar-refractivity contribution in [3.8, 4) is 5.75 Å². The lowest BCUT2D eigenvalue weighted by molar-refractivity contribution is -0.122. The quantitative estimate of drug-likeness (QED) is 0.844. The minimum Gasteiger partial charge on any atom is -0.496 e. The zero-order chi connectivity index (χ0) is 15.1. The van der Waals surface area contributed by atoms with Crippen molar-refractivity contribution in [3.63, 3.8) is 0 Å². The van der Waals surface area contributed by atoms with E-state index in [2.05, 4.69) is 10.6 Å². The number of rotatable bonds is 6. The van der Waals surface area contributed by atoms with Gasteiger partial charge >= 0.3 is 0 Å². The second-order valence-electron chi connectivity index (χ2n) is 4.33. The maximum absolute atomic E-state index is 12.1. The van der Waals surface area contributed by atoms with E-state index in [4.69, 9.17) is 16.3 Å². The highest BCUT2D eigenvalue weighted by Gasteiger charge is 2.18. The monoisotopic (exact) mass is 298 g/mol. The summed E-state index contributed by atoms with van der Waals surface area (Å²) in [7, 11) is 1.46. The molecule has 0 aromatic heterocycles. The fraction of sp³-hybridized carbons (Fsp3) is 0.429. The number of amides is 2. The lowest BCUT2D eigenvalue weighted by Crippen LogP contribution is -2.45. The summed E-state index contributed by atoms with van der Waals surface area (Å²) >= 11 is 5.84. The van der Waals surface area contributed by atoms with Gasteiger partial charge in [0, 0.05) is 11.6 Å². The van der Waals surface area contributed by atoms with E-state index in [0.717, 1.165) is 6.42 Å². The van der Waals surface area contributed by atoms with Crippen molar-refractivity contribution >= 4 is 23.4 Å². The molecule has 2 amide bonds. The normalized spacial score (nSPS) is 11.6. The molecular formula is C14H19ClN2O3. The van der Waals surface area contributed by atoms with Gasteiger partial charge in [-0.05, 0) is 31.5 Å². The Balaban J connectivity index is 2.73. The molecule has 0 bridgehead atoms. The third kappa shape index (κ3) is 4.42. The molecule has 0 spiro atoms. The lowest BCUT2D eigenvalue weighted by Gasteiger charge is -2.15. The average molecular weight is 299 g/mol. The number of hydrogen-bond acceptors (Lipinski definition) is 3. The van der Waals surface area contributed by atoms with Crippen LogP contribution in [0.25, 0.3) is 0 Å². The smallest absolute Gasteiger partial charge is 0.255 e. The summed E-state index contributed by atoms with van der Waals surface area (Å²) in [5.41, 5.74) is 0.340. The number of methoxy groups -OCH3 is 1. The van der Waals surface area contributed by atoms with Crippen molar-refractivity contribution in [2.75, 3.05) is 13.7 Å². The zero-order valence-corrected chi connectivity index (χ0v) is 12.6. The largest absolute Gasteiger partial charge is 0.496 e. The van der Waals surface area contributed by atoms with Crippen molar-refractivity contribution in [3.05, 3.63) is 28.8 Å². The first-order chi connectivity index (χ1) is 9.49. The molecule has 0 unspecified atom stereocenters. The molecule has 5 nitrogen and oxygen atoms in total. The number of nitrogens with one attached hydrogen (secondary N) is 2. The standard InChI is InChI=1S/C14H19ClN2O3/c1-4-7-16-13(18)9(2)17-14(19)11-6-5-10(15)8-12(11)20-3/h5-6,8-9H,4,7H2,1-3H3,(H,16,18)(H,17,19)/t9-/m1/s1. The predicted octanol–water partition coefficient (Wildman–Crippen LogP) is 1.99. The molecule has 0 saturated heterocycles. The third-order valence-electron chi connectivity index (χ3n) is 2.70. The van der Waals surface area contributed by atoms with Gasteiger partial charge in [-0.15, -0.1) is 0 Å². The van der Waals surface area contributed by atoms with Gasteiger partial charge in [0.2, 0.25) is 5.91 Å². The molecule has 110 valence electrons. The van der Waals surface area contributed by atoms with Crippen LogP contribution in [0.15, 0.2) is 18.2 Å². The first-order valence-corrected chi connectivity index (χ1v) is 6.79. The fourth-order valence-electron chi connectivity index (χ4n) is 1.59. The molecule has 0 fully saturated rings. The van der Waals surface area contributed by atoms with Crippen LogP contribution >= 0.6 is 11.6 Å². The molecule has 0 radical (unpaired) electrons. The molecule has 2 N–H and O–H groups in total. The number of halogens is 1. The maximum Gasteiger partial charge on any atom is 0.255 e. The van der Waals surface area contributed by atoms with Gasteiger partial charge in [0.15, 0.2) is 0 Å². The Morgan fingerprint density at radius 2 is 2.10 bits per heavy atom. The minimum absolute atomic E-state index is 0.215. The number of ether oxygens (including phenoxy) is 1. The summed E-state index contributed by atoms with van der Waals surface area (Å²) in [6, 6.07) is 4.10. The summed E-state index contributed by atoms with van der Waals surface area (Å²) < 4.78 is 5.11. The van der Waals surface area contributed by atoms with Crippen LogP contribution in [-0.2, 0) is 4.79 Å². The summed E-state index contributed by atoms with van der Waals surface area (Å²) in [6.07, 6.45) is 0.845. The highest BCUT2D eigenvalue weighted by molar-refractivity contribution is 6.30. The number of hydrogen-bond donors (Lipinski definition) is 2. The molecule has 0 aliphatic heterocycles. The molecular weight excluding hydrogens is 280 g/mol. The van der Waals surface area contributed by atoms with Crippen LogP contribution in [0.5, 0.6) is 5.75 Å². The Kier molecular flexibility index (Phi) is 6.31. The van der Waals surface area contributed by atoms with Crippen molar-refractivity contribution in [1.82, 2.24) is 10.6 Å². The highest BCUT2D eigenvalue weighted by Crippen LogP contribution is 2.23. The molecule has 0 aliphatic carbocycles. The van der Waals surface area contributed by atoms with Gasteiger partial charge < -0.3 is 15.4 Å². The van der Waals surface area contributed by atoms with E-state index < -0.39 is 6.04 Å². The Morgan fingerprint density at radius 1 is 1.40 bits per heavy atom. The van der Waals surface area contributed by atoms with Crippen molar-refractivity contribution in [2.45, 2.75) is 26.3 Å². The van der Waals surface area contributed by atoms with E-state index in [1.807, 2.05) is 6.92 Å². The first kappa shape index (κ1) is 16.3. The predicted molar refractivity (Wildman–Crippen MR) is 78.2 cm³/mol. The maximum atomic E-state index is 12.1. The summed E-state index contributed by atoms with van der Waals surface area (Å²) in [5, 5.41) is 5.82. The molecule has 20 heavy (non-hydrogen) atoms. The van der Waals surface area contributed by atoms with E-state index in [1.165, 1.54) is 7.11 Å². The number of carbonyl (C=O) groups is 2. The molecule has 1 aromatic carbocycles. The van der Waals surface area contributed by atoms with Crippen LogP contribution in [0.2, 0.25) is 5.02 Å². The van der Waals surface area contributed by atoms with Gasteiger partial charge in [-0.2, -0.15) is 0 Å². The van der Waals surface area contributed by atoms with Crippen molar-refractivity contribution in [1.29, 1.82) is 0 Å². The molecule has 6 heteroatoms. The fourth-order valence-corrected chi connectivity index (χ4v) is 1.76. The molecule has 0 heterocycles. The molecule has 0 saturated carbocycles. The third-order valence-corrected chi connectivity index (χ3v) is 2.93. The second kappa shape index (κ2) is 7.75. The Labute approximate surface area is 123 Å². The van der Waals surface area contributed by atoms with E-state index in [0.29, 0.717) is 22.9 Å². The van der Waals surface area contributed by atoms with Crippen LogP contribution in [0.1, 0.15) is 30.6 Å². The summed E-state index contributed by atoms with van der Waals surface area (Å²) in [5.74, 6) is -0.220. The molecule has 1 atom stereocenters. The zero-order valence-electron chi connectivity index (χ0n) is 11.8. The van der Waals surface area contributed by atoms with Crippen LogP contribution < -0.4 is 15.4 Å². The Bertz CT molecular complexity index is 491. The van der Waals surface area contributed by atoms with Crippen LogP contribution in [0.3, 0.4) is 0 Å². The van der Waals surface area contributed by atoms with E-state index in [1.54, 1.807) is 25.1 Å². The number of benzene rings is 1. The van der Waals surface area contributed by atoms with E-state index >= 15 is 0 Å². The first-order valence-electron chi connectivity index (χ1n) is 6.41. The molecule has 0 aliphatic rings. The van der Waals surface area contributed by atoms with Crippen LogP contribution in [0.4, 0.5) is 0 Å². The van der Waals surface area contributed by atoms with Crippen molar-refractivity contribution < 1.29 is 14.3 Å². The van der Waals surface area contributed by atoms with Gasteiger partial charge in [-0.3, -0.25) is 9.59 Å². The Hall–Kier alpha value is -1.75. The van der Waals surface area contributed by atoms with Crippen LogP contribution in [0, 0.1) is 0 Å². The van der Waals surface area contributed by atoms with E-state index in [9.17, 15) is 9.59 Å². The van der Waals surface area contributed by atoms with Crippen molar-refractivity contribution in [2.24, 2.45) is 0 Å². The van der Waals surface area contributed by atoms with E-state index in [-0.39, 0.29) is 11.8 Å². The highest BCUT2D eigenvalue weighted by atomic mass is 35.5. The van der Waals surface area contributed by atoms with Gasteiger partial charge in [-0.1, -0.05) is 18.5 Å².